The molecule has 0 saturated carbocycles. The summed E-state index contributed by atoms with van der Waals surface area (Å²) < 4.78 is 0. The number of hydrogen-bond acceptors (Lipinski definition) is 0. The van der Waals surface area contributed by atoms with Gasteiger partial charge < -0.3 is 0 Å². The SMILES string of the molecule is [SiH3][SiH]([SiH3])c1ccccc1. The van der Waals surface area contributed by atoms with E-state index in [-0.39, 0.29) is 7.83 Å². The Kier molecular flexibility index (Phi) is 2.44. The zero-order valence-corrected chi connectivity index (χ0v) is 11.1. The third kappa shape index (κ3) is 1.93. The molecule has 0 bridgehead atoms. The van der Waals surface area contributed by atoms with E-state index in [2.05, 4.69) is 30.3 Å². The van der Waals surface area contributed by atoms with Crippen LogP contribution in [0.4, 0.5) is 0 Å². The van der Waals surface area contributed by atoms with Crippen LogP contribution in [0.15, 0.2) is 30.3 Å². The van der Waals surface area contributed by atoms with Gasteiger partial charge >= 0.3 is 0 Å². The predicted octanol–water partition coefficient (Wildman–Crippen LogP) is -2.16. The molecule has 0 amide bonds. The van der Waals surface area contributed by atoms with Gasteiger partial charge in [0.05, 0.1) is 0 Å². The molecule has 0 nitrogen and oxygen atoms in total. The van der Waals surface area contributed by atoms with E-state index in [1.165, 1.54) is 19.5 Å². The van der Waals surface area contributed by atoms with E-state index < -0.39 is 0 Å². The Labute approximate surface area is 63.3 Å². The second kappa shape index (κ2) is 3.14. The van der Waals surface area contributed by atoms with Crippen LogP contribution in [0.5, 0.6) is 0 Å². The van der Waals surface area contributed by atoms with E-state index in [0.29, 0.717) is 0 Å². The molecule has 0 spiro atoms. The van der Waals surface area contributed by atoms with Crippen molar-refractivity contribution in [3.63, 3.8) is 0 Å². The summed E-state index contributed by atoms with van der Waals surface area (Å²) in [6.07, 6.45) is 0. The molecule has 1 aromatic rings. The molecule has 48 valence electrons. The first-order valence-electron chi connectivity index (χ1n) is 3.35. The van der Waals surface area contributed by atoms with Crippen molar-refractivity contribution in [1.29, 1.82) is 0 Å². The highest BCUT2D eigenvalue weighted by Crippen LogP contribution is 1.81. The second-order valence-electron chi connectivity index (χ2n) is 2.57. The molecule has 0 saturated heterocycles. The molecule has 1 rings (SSSR count). The lowest BCUT2D eigenvalue weighted by Crippen LogP contribution is -2.30. The summed E-state index contributed by atoms with van der Waals surface area (Å²) in [6, 6.07) is 11.0. The van der Waals surface area contributed by atoms with Gasteiger partial charge in [-0.25, -0.2) is 0 Å². The standard InChI is InChI=1S/C6H12Si3/c7-9(8)6-4-2-1-3-5-6/h1-5,9H,7-8H3. The minimum absolute atomic E-state index is 0.251. The molecule has 0 atom stereocenters. The lowest BCUT2D eigenvalue weighted by Gasteiger charge is -1.99. The van der Waals surface area contributed by atoms with Crippen molar-refractivity contribution in [3.8, 4) is 0 Å². The minimum atomic E-state index is -0.251. The van der Waals surface area contributed by atoms with Crippen LogP contribution in [-0.2, 0) is 0 Å². The Morgan fingerprint density at radius 2 is 1.56 bits per heavy atom. The van der Waals surface area contributed by atoms with Gasteiger partial charge in [0.25, 0.3) is 0 Å². The average molecular weight is 168 g/mol. The normalized spacial score (nSPS) is 13.8. The summed E-state index contributed by atoms with van der Waals surface area (Å²) in [5.74, 6) is 0. The number of hydrogen-bond donors (Lipinski definition) is 0. The minimum Gasteiger partial charge on any atom is -0.0702 e. The molecule has 0 aromatic heterocycles. The van der Waals surface area contributed by atoms with Crippen LogP contribution >= 0.6 is 0 Å². The summed E-state index contributed by atoms with van der Waals surface area (Å²) in [5, 5.41) is 1.68. The van der Waals surface area contributed by atoms with Gasteiger partial charge in [-0.05, 0) is 19.5 Å². The van der Waals surface area contributed by atoms with Crippen molar-refractivity contribution < 1.29 is 0 Å². The first-order chi connectivity index (χ1) is 4.30. The van der Waals surface area contributed by atoms with Gasteiger partial charge in [0, 0.05) is 7.83 Å². The molecule has 0 heterocycles. The van der Waals surface area contributed by atoms with Crippen LogP contribution in [0.2, 0.25) is 0 Å². The smallest absolute Gasteiger partial charge is 0.0382 e. The Morgan fingerprint density at radius 3 is 1.89 bits per heavy atom. The maximum atomic E-state index is 2.29. The van der Waals surface area contributed by atoms with E-state index in [1.807, 2.05) is 0 Å². The Balaban J connectivity index is 2.85. The molecular formula is C6H12Si3. The maximum Gasteiger partial charge on any atom is 0.0382 e. The molecule has 3 heteroatoms. The van der Waals surface area contributed by atoms with Crippen molar-refractivity contribution in [2.24, 2.45) is 0 Å². The van der Waals surface area contributed by atoms with Crippen molar-refractivity contribution in [2.75, 3.05) is 0 Å². The van der Waals surface area contributed by atoms with Gasteiger partial charge in [-0.3, -0.25) is 0 Å². The topological polar surface area (TPSA) is 0 Å². The van der Waals surface area contributed by atoms with Crippen LogP contribution in [0, 0.1) is 0 Å². The van der Waals surface area contributed by atoms with Gasteiger partial charge in [-0.15, -0.1) is 0 Å². The zero-order valence-electron chi connectivity index (χ0n) is 5.96. The van der Waals surface area contributed by atoms with Crippen molar-refractivity contribution in [3.05, 3.63) is 30.3 Å². The fourth-order valence-electron chi connectivity index (χ4n) is 0.838. The van der Waals surface area contributed by atoms with Crippen LogP contribution < -0.4 is 5.19 Å². The molecule has 0 unspecified atom stereocenters. The quantitative estimate of drug-likeness (QED) is 0.419. The highest BCUT2D eigenvalue weighted by molar-refractivity contribution is 7.35. The lowest BCUT2D eigenvalue weighted by atomic mass is 10.4. The molecular weight excluding hydrogens is 156 g/mol. The highest BCUT2D eigenvalue weighted by atomic mass is 29.5. The number of benzene rings is 1. The van der Waals surface area contributed by atoms with E-state index in [1.54, 1.807) is 5.19 Å². The Bertz CT molecular complexity index is 171. The molecule has 0 N–H and O–H groups in total. The predicted molar refractivity (Wildman–Crippen MR) is 53.1 cm³/mol. The van der Waals surface area contributed by atoms with Gasteiger partial charge in [-0.2, -0.15) is 0 Å². The van der Waals surface area contributed by atoms with Crippen molar-refractivity contribution >= 4 is 32.5 Å². The van der Waals surface area contributed by atoms with Crippen LogP contribution in [0.25, 0.3) is 0 Å². The molecule has 0 aliphatic rings. The Morgan fingerprint density at radius 1 is 1.00 bits per heavy atom. The van der Waals surface area contributed by atoms with Gasteiger partial charge in [-0.1, -0.05) is 35.5 Å². The van der Waals surface area contributed by atoms with Crippen molar-refractivity contribution in [1.82, 2.24) is 0 Å². The molecule has 9 heavy (non-hydrogen) atoms. The summed E-state index contributed by atoms with van der Waals surface area (Å²) in [6.45, 7) is 0. The third-order valence-corrected chi connectivity index (χ3v) is 7.18. The Hall–Kier alpha value is -0.129. The molecule has 0 aliphatic heterocycles. The number of rotatable bonds is 1. The lowest BCUT2D eigenvalue weighted by molar-refractivity contribution is 1.77. The van der Waals surface area contributed by atoms with E-state index in [4.69, 9.17) is 0 Å². The molecule has 0 aliphatic carbocycles. The first kappa shape index (κ1) is 6.98. The molecule has 0 radical (unpaired) electrons. The van der Waals surface area contributed by atoms with Crippen LogP contribution in [0.3, 0.4) is 0 Å². The van der Waals surface area contributed by atoms with Gasteiger partial charge in [0.2, 0.25) is 0 Å². The van der Waals surface area contributed by atoms with Gasteiger partial charge in [0.15, 0.2) is 0 Å². The first-order valence-corrected chi connectivity index (χ1v) is 13.2. The zero-order chi connectivity index (χ0) is 6.69. The monoisotopic (exact) mass is 168 g/mol. The summed E-state index contributed by atoms with van der Waals surface area (Å²) >= 11 is 0. The molecule has 0 fully saturated rings. The summed E-state index contributed by atoms with van der Waals surface area (Å²) in [7, 11) is 2.66. The van der Waals surface area contributed by atoms with Crippen LogP contribution in [-0.4, -0.2) is 27.4 Å². The van der Waals surface area contributed by atoms with Crippen LogP contribution in [0.1, 0.15) is 0 Å². The fraction of sp³-hybridized carbons (Fsp3) is 0. The fourth-order valence-corrected chi connectivity index (χ4v) is 4.14. The van der Waals surface area contributed by atoms with Crippen molar-refractivity contribution in [2.45, 2.75) is 0 Å². The van der Waals surface area contributed by atoms with E-state index >= 15 is 0 Å². The molecule has 1 aromatic carbocycles. The third-order valence-electron chi connectivity index (χ3n) is 1.47. The van der Waals surface area contributed by atoms with E-state index in [0.717, 1.165) is 0 Å². The van der Waals surface area contributed by atoms with Gasteiger partial charge in [0.1, 0.15) is 0 Å². The highest BCUT2D eigenvalue weighted by Gasteiger charge is 1.95. The maximum absolute atomic E-state index is 2.29. The second-order valence-corrected chi connectivity index (χ2v) is 22.9. The average Bonchev–Trinajstić information content (AvgIpc) is 1.90. The van der Waals surface area contributed by atoms with E-state index in [9.17, 15) is 0 Å². The summed E-state index contributed by atoms with van der Waals surface area (Å²) in [4.78, 5) is 0. The summed E-state index contributed by atoms with van der Waals surface area (Å²) in [5.41, 5.74) is 0. The largest absolute Gasteiger partial charge is 0.0702 e.